The van der Waals surface area contributed by atoms with Crippen molar-refractivity contribution in [3.63, 3.8) is 0 Å². The Morgan fingerprint density at radius 3 is 2.26 bits per heavy atom. The second kappa shape index (κ2) is 30.7. The number of anilines is 1. The van der Waals surface area contributed by atoms with Crippen LogP contribution in [0.4, 0.5) is 10.5 Å². The van der Waals surface area contributed by atoms with E-state index >= 15 is 0 Å². The number of amides is 3. The number of carboxylic acid groups (broad SMARTS) is 1. The maximum atomic E-state index is 13.9. The lowest BCUT2D eigenvalue weighted by Crippen LogP contribution is -2.42. The van der Waals surface area contributed by atoms with Gasteiger partial charge in [0.05, 0.1) is 73.5 Å². The molecule has 1 aromatic carbocycles. The molecule has 3 atom stereocenters. The van der Waals surface area contributed by atoms with E-state index < -0.39 is 59.2 Å². The monoisotopic (exact) mass is 1320 g/mol. The molecule has 2 aliphatic heterocycles. The number of aromatic amines is 3. The Kier molecular flexibility index (Phi) is 22.3. The van der Waals surface area contributed by atoms with Crippen molar-refractivity contribution >= 4 is 125 Å². The van der Waals surface area contributed by atoms with Crippen LogP contribution in [0.3, 0.4) is 0 Å². The van der Waals surface area contributed by atoms with Crippen molar-refractivity contribution in [1.29, 1.82) is 0 Å². The smallest absolute Gasteiger partial charge is 0.426 e. The van der Waals surface area contributed by atoms with Crippen LogP contribution in [0.1, 0.15) is 108 Å². The lowest BCUT2D eigenvalue weighted by Gasteiger charge is -2.36. The normalized spacial score (nSPS) is 15.2. The minimum Gasteiger partial charge on any atom is -0.480 e. The minimum atomic E-state index is -1.24. The van der Waals surface area contributed by atoms with Crippen LogP contribution in [0, 0.1) is 26.7 Å². The number of aryl methyl sites for hydroxylation is 4. The number of hydrogen-bond donors (Lipinski definition) is 9. The molecule has 5 aromatic heterocycles. The summed E-state index contributed by atoms with van der Waals surface area (Å²) in [6.45, 7) is 14.7. The highest BCUT2D eigenvalue weighted by Crippen LogP contribution is 2.52. The Balaban J connectivity index is 0.776. The van der Waals surface area contributed by atoms with E-state index in [0.29, 0.717) is 88.0 Å². The number of carboxylic acids is 1. The third-order valence-corrected chi connectivity index (χ3v) is 18.9. The van der Waals surface area contributed by atoms with Gasteiger partial charge in [-0.05, 0) is 136 Å². The number of methoxy groups -OCH3 is 3. The van der Waals surface area contributed by atoms with Crippen LogP contribution < -0.4 is 32.4 Å². The van der Waals surface area contributed by atoms with Gasteiger partial charge in [0.1, 0.15) is 24.4 Å². The van der Waals surface area contributed by atoms with E-state index in [1.807, 2.05) is 76.2 Å². The zero-order chi connectivity index (χ0) is 67.4. The van der Waals surface area contributed by atoms with Crippen molar-refractivity contribution in [1.82, 2.24) is 61.4 Å². The van der Waals surface area contributed by atoms with E-state index in [1.165, 1.54) is 42.9 Å². The molecule has 0 saturated heterocycles. The summed E-state index contributed by atoms with van der Waals surface area (Å²) in [6, 6.07) is 14.1. The summed E-state index contributed by atoms with van der Waals surface area (Å²) in [4.78, 5) is 136. The number of H-pyrrole nitrogens is 3. The van der Waals surface area contributed by atoms with Crippen LogP contribution >= 0.6 is 21.6 Å². The predicted octanol–water partition coefficient (Wildman–Crippen LogP) is 7.86. The molecular weight excluding hydrogens is 1250 g/mol. The largest absolute Gasteiger partial charge is 0.480 e. The molecule has 0 saturated carbocycles. The van der Waals surface area contributed by atoms with Crippen molar-refractivity contribution in [2.24, 2.45) is 5.92 Å². The summed E-state index contributed by atoms with van der Waals surface area (Å²) >= 11 is 0. The molecular formula is C66H73N13O13S2. The first-order valence-electron chi connectivity index (χ1n) is 30.1. The quantitative estimate of drug-likeness (QED) is 0.00820. The molecule has 26 nitrogen and oxygen atoms in total. The zero-order valence-corrected chi connectivity index (χ0v) is 54.8. The third-order valence-electron chi connectivity index (χ3n) is 16.5. The second-order valence-corrected chi connectivity index (χ2v) is 25.1. The second-order valence-electron chi connectivity index (χ2n) is 22.5. The molecule has 3 aliphatic rings. The molecule has 6 aromatic rings. The van der Waals surface area contributed by atoms with Gasteiger partial charge in [0, 0.05) is 70.6 Å². The lowest BCUT2D eigenvalue weighted by atomic mass is 9.64. The molecule has 1 aliphatic carbocycles. The summed E-state index contributed by atoms with van der Waals surface area (Å²) in [6.07, 6.45) is 6.75. The highest BCUT2D eigenvalue weighted by molar-refractivity contribution is 8.76. The van der Waals surface area contributed by atoms with Crippen LogP contribution in [0.2, 0.25) is 0 Å². The molecule has 0 radical (unpaired) electrons. The van der Waals surface area contributed by atoms with Gasteiger partial charge in [-0.1, -0.05) is 58.5 Å². The first kappa shape index (κ1) is 68.4. The number of aliphatic carboxylic acids is 1. The maximum Gasteiger partial charge on any atom is 0.426 e. The van der Waals surface area contributed by atoms with E-state index in [-0.39, 0.29) is 72.5 Å². The SMILES string of the molecule is C=Cc1c(C)c2cc3nc(cc4[nH]c(cc5nc(cc1[nH]2)C(C)=C5CCC(=O)NNC(=O)OCCSSCC(NC(=O)CCCNCc1ccc(NCc2cnc5nc(C)[nH]c(=O)c5n2)cc1)C(=O)O)c(CCC(=O)OC)c4C)[C@]1(C)C3=CC=C(C(=O)OC)[C@@H]1C(=O)OC. The van der Waals surface area contributed by atoms with Gasteiger partial charge in [0.25, 0.3) is 5.56 Å². The fraction of sp³-hybridized carbons (Fsp3) is 0.348. The van der Waals surface area contributed by atoms with Crippen molar-refractivity contribution in [3.8, 4) is 0 Å². The van der Waals surface area contributed by atoms with Crippen molar-refractivity contribution in [3.05, 3.63) is 151 Å². The highest BCUT2D eigenvalue weighted by atomic mass is 33.1. The number of ether oxygens (including phenoxy) is 4. The number of aromatic nitrogens is 8. The van der Waals surface area contributed by atoms with Crippen LogP contribution in [0.15, 0.2) is 83.8 Å². The molecule has 28 heteroatoms. The van der Waals surface area contributed by atoms with E-state index in [0.717, 1.165) is 44.7 Å². The molecule has 8 bridgehead atoms. The fourth-order valence-electron chi connectivity index (χ4n) is 11.4. The molecule has 7 heterocycles. The Labute approximate surface area is 547 Å². The van der Waals surface area contributed by atoms with E-state index in [1.54, 1.807) is 31.3 Å². The third kappa shape index (κ3) is 15.7. The highest BCUT2D eigenvalue weighted by Gasteiger charge is 2.53. The maximum absolute atomic E-state index is 13.9. The topological polar surface area (TPSA) is 366 Å². The minimum absolute atomic E-state index is 0.0462. The van der Waals surface area contributed by atoms with Gasteiger partial charge in [-0.15, -0.1) is 0 Å². The van der Waals surface area contributed by atoms with Gasteiger partial charge < -0.3 is 55.0 Å². The van der Waals surface area contributed by atoms with Gasteiger partial charge in [-0.3, -0.25) is 34.4 Å². The average Bonchev–Trinajstić information content (AvgIpc) is 1.54. The van der Waals surface area contributed by atoms with Gasteiger partial charge >= 0.3 is 30.0 Å². The summed E-state index contributed by atoms with van der Waals surface area (Å²) in [5, 5.41) is 19.0. The number of allylic oxidation sites excluding steroid dienone is 5. The molecule has 3 amide bonds. The molecule has 94 heavy (non-hydrogen) atoms. The van der Waals surface area contributed by atoms with E-state index in [4.69, 9.17) is 28.9 Å². The average molecular weight is 1320 g/mol. The molecule has 1 unspecified atom stereocenters. The molecule has 0 spiro atoms. The lowest BCUT2D eigenvalue weighted by molar-refractivity contribution is -0.149. The number of hydrazine groups is 1. The van der Waals surface area contributed by atoms with E-state index in [2.05, 4.69) is 63.3 Å². The van der Waals surface area contributed by atoms with Crippen LogP contribution in [-0.2, 0) is 72.6 Å². The van der Waals surface area contributed by atoms with Crippen molar-refractivity contribution in [2.75, 3.05) is 51.3 Å². The Morgan fingerprint density at radius 2 is 1.52 bits per heavy atom. The standard InChI is InChI=1S/C66H73N13O13S2/c1-10-41-34(2)47-27-52-45-20-17-44(63(86)90-8)58(64(87)91-9)66(45,6)54(76-52)29-48-36(4)43(19-22-57(82)89-7)51(75-48)28-50-42(35(3)46(74-50)26-49(41)73-47)18-21-56(81)78-79-65(88)92-24-25-93-94-33-53(62(84)85)77-55(80)12-11-23-67-30-38-13-15-39(16-14-38)68-31-40-32-69-60-59(72-40)61(83)71-37(5)70-60/h10,13-17,20,26-29,32,53,58,67-68,73,75H,1,11-12,18-19,21-25,30-31,33H2,2-9H3,(H,77,80)(H,78,81)(H,79,88)(H,84,85)(H,69,70,71,83)/t53?,58-,66+/m1/s1. The molecule has 9 rings (SSSR count). The van der Waals surface area contributed by atoms with Gasteiger partial charge in [-0.25, -0.2) is 39.7 Å². The number of esters is 3. The van der Waals surface area contributed by atoms with Gasteiger partial charge in [0.15, 0.2) is 11.2 Å². The number of nitrogens with zero attached hydrogens (tertiary/aromatic N) is 5. The summed E-state index contributed by atoms with van der Waals surface area (Å²) in [7, 11) is 6.28. The number of carbonyl (C=O) groups excluding carboxylic acids is 6. The fourth-order valence-corrected chi connectivity index (χ4v) is 13.4. The number of benzene rings is 1. The number of nitrogens with one attached hydrogen (secondary N) is 8. The van der Waals surface area contributed by atoms with Gasteiger partial charge in [0.2, 0.25) is 11.8 Å². The number of carbonyl (C=O) groups is 7. The predicted molar refractivity (Wildman–Crippen MR) is 358 cm³/mol. The Hall–Kier alpha value is -9.93. The first-order valence-corrected chi connectivity index (χ1v) is 32.6. The van der Waals surface area contributed by atoms with Crippen molar-refractivity contribution in [2.45, 2.75) is 97.7 Å². The molecule has 0 fully saturated rings. The molecule has 9 N–H and O–H groups in total. The number of fused-ring (bicyclic) bond motifs is 12. The summed E-state index contributed by atoms with van der Waals surface area (Å²) in [5.74, 6) is -4.25. The summed E-state index contributed by atoms with van der Waals surface area (Å²) in [5.41, 5.74) is 16.2. The molecule has 492 valence electrons. The summed E-state index contributed by atoms with van der Waals surface area (Å²) < 4.78 is 20.8. The van der Waals surface area contributed by atoms with Crippen LogP contribution in [-0.4, -0.2) is 139 Å². The Morgan fingerprint density at radius 1 is 0.777 bits per heavy atom. The first-order chi connectivity index (χ1) is 45.1. The number of rotatable bonds is 26. The zero-order valence-electron chi connectivity index (χ0n) is 53.2. The van der Waals surface area contributed by atoms with E-state index in [9.17, 15) is 43.5 Å². The van der Waals surface area contributed by atoms with Gasteiger partial charge in [-0.2, -0.15) is 0 Å². The van der Waals surface area contributed by atoms with Crippen molar-refractivity contribution < 1.29 is 57.6 Å². The van der Waals surface area contributed by atoms with Crippen LogP contribution in [0.25, 0.3) is 56.0 Å². The Bertz CT molecular complexity index is 4330. The number of hydrogen-bond acceptors (Lipinski definition) is 21. The van der Waals surface area contributed by atoms with Crippen LogP contribution in [0.5, 0.6) is 0 Å².